The SMILES string of the molecule is O=C(O)CCCCCCCCCCCOc1ccc(S(=O)(=O)Cc2ncc(C(=O)NCCOCCOCC(=O)NCCOCCOCC(=O)O)cn2)cc1. The zero-order chi connectivity index (χ0) is 39.3. The van der Waals surface area contributed by atoms with Crippen LogP contribution in [0.4, 0.5) is 0 Å². The van der Waals surface area contributed by atoms with E-state index >= 15 is 0 Å². The van der Waals surface area contributed by atoms with Crippen molar-refractivity contribution in [2.24, 2.45) is 0 Å². The number of hydrogen-bond acceptors (Lipinski definition) is 13. The van der Waals surface area contributed by atoms with Gasteiger partial charge in [0, 0.05) is 31.9 Å². The molecule has 4 N–H and O–H groups in total. The molecule has 17 nitrogen and oxygen atoms in total. The summed E-state index contributed by atoms with van der Waals surface area (Å²) in [5.41, 5.74) is 0.161. The van der Waals surface area contributed by atoms with Crippen molar-refractivity contribution in [1.82, 2.24) is 20.6 Å². The van der Waals surface area contributed by atoms with E-state index in [-0.39, 0.29) is 94.6 Å². The Morgan fingerprint density at radius 2 is 1.15 bits per heavy atom. The lowest BCUT2D eigenvalue weighted by atomic mass is 10.1. The number of benzene rings is 1. The minimum Gasteiger partial charge on any atom is -0.494 e. The number of ether oxygens (including phenoxy) is 5. The summed E-state index contributed by atoms with van der Waals surface area (Å²) >= 11 is 0. The first-order chi connectivity index (χ1) is 26.1. The Kier molecular flexibility index (Phi) is 24.0. The molecule has 0 saturated heterocycles. The number of carbonyl (C=O) groups is 4. The van der Waals surface area contributed by atoms with E-state index in [4.69, 9.17) is 33.9 Å². The molecule has 0 spiro atoms. The van der Waals surface area contributed by atoms with Crippen LogP contribution in [0.15, 0.2) is 41.6 Å². The Bertz CT molecular complexity index is 1480. The molecule has 18 heteroatoms. The number of carboxylic acids is 2. The third kappa shape index (κ3) is 22.8. The van der Waals surface area contributed by atoms with Crippen LogP contribution < -0.4 is 15.4 Å². The first-order valence-corrected chi connectivity index (χ1v) is 19.8. The van der Waals surface area contributed by atoms with Crippen LogP contribution in [0.25, 0.3) is 0 Å². The molecule has 2 aromatic rings. The molecule has 0 fully saturated rings. The number of rotatable bonds is 33. The number of carboxylic acid groups (broad SMARTS) is 2. The quantitative estimate of drug-likeness (QED) is 0.0762. The lowest BCUT2D eigenvalue weighted by Gasteiger charge is -2.09. The molecule has 2 rings (SSSR count). The van der Waals surface area contributed by atoms with E-state index in [2.05, 4.69) is 20.6 Å². The molecule has 302 valence electrons. The van der Waals surface area contributed by atoms with Crippen LogP contribution in [-0.4, -0.2) is 125 Å². The second-order valence-electron chi connectivity index (χ2n) is 12.1. The predicted octanol–water partition coefficient (Wildman–Crippen LogP) is 2.81. The number of hydrogen-bond donors (Lipinski definition) is 4. The minimum absolute atomic E-state index is 0.0514. The molecular weight excluding hydrogens is 728 g/mol. The topological polar surface area (TPSA) is 239 Å². The first-order valence-electron chi connectivity index (χ1n) is 18.1. The van der Waals surface area contributed by atoms with E-state index in [0.717, 1.165) is 57.8 Å². The Hall–Kier alpha value is -4.23. The maximum atomic E-state index is 12.9. The lowest BCUT2D eigenvalue weighted by Crippen LogP contribution is -2.31. The highest BCUT2D eigenvalue weighted by molar-refractivity contribution is 7.90. The van der Waals surface area contributed by atoms with Crippen LogP contribution >= 0.6 is 0 Å². The van der Waals surface area contributed by atoms with Gasteiger partial charge >= 0.3 is 11.9 Å². The normalized spacial score (nSPS) is 11.3. The average molecular weight is 783 g/mol. The summed E-state index contributed by atoms with van der Waals surface area (Å²) < 4.78 is 52.3. The van der Waals surface area contributed by atoms with Crippen molar-refractivity contribution >= 4 is 33.6 Å². The molecular formula is C36H54N4O13S. The van der Waals surface area contributed by atoms with Gasteiger partial charge in [-0.1, -0.05) is 44.9 Å². The zero-order valence-electron chi connectivity index (χ0n) is 30.7. The number of nitrogens with zero attached hydrogens (tertiary/aromatic N) is 2. The molecule has 1 aromatic carbocycles. The van der Waals surface area contributed by atoms with Gasteiger partial charge in [-0.15, -0.1) is 0 Å². The Labute approximate surface area is 316 Å². The number of aromatic nitrogens is 2. The van der Waals surface area contributed by atoms with Crippen LogP contribution in [0.2, 0.25) is 0 Å². The summed E-state index contributed by atoms with van der Waals surface area (Å²) in [4.78, 5) is 53.2. The van der Waals surface area contributed by atoms with Gasteiger partial charge in [-0.2, -0.15) is 0 Å². The number of amides is 2. The van der Waals surface area contributed by atoms with Gasteiger partial charge < -0.3 is 44.5 Å². The Balaban J connectivity index is 1.52. The van der Waals surface area contributed by atoms with Gasteiger partial charge in [0.05, 0.1) is 56.7 Å². The van der Waals surface area contributed by atoms with Gasteiger partial charge in [0.25, 0.3) is 5.91 Å². The van der Waals surface area contributed by atoms with E-state index in [1.165, 1.54) is 24.5 Å². The molecule has 0 aliphatic rings. The monoisotopic (exact) mass is 782 g/mol. The van der Waals surface area contributed by atoms with Crippen molar-refractivity contribution in [1.29, 1.82) is 0 Å². The van der Waals surface area contributed by atoms with Crippen LogP contribution in [0, 0.1) is 0 Å². The molecule has 1 heterocycles. The summed E-state index contributed by atoms with van der Waals surface area (Å²) in [5.74, 6) is -2.36. The zero-order valence-corrected chi connectivity index (χ0v) is 31.5. The Morgan fingerprint density at radius 3 is 1.74 bits per heavy atom. The highest BCUT2D eigenvalue weighted by Gasteiger charge is 2.18. The lowest BCUT2D eigenvalue weighted by molar-refractivity contribution is -0.143. The highest BCUT2D eigenvalue weighted by atomic mass is 32.2. The van der Waals surface area contributed by atoms with Crippen molar-refractivity contribution < 1.29 is 61.5 Å². The van der Waals surface area contributed by atoms with Crippen molar-refractivity contribution in [3.05, 3.63) is 48.0 Å². The van der Waals surface area contributed by atoms with Gasteiger partial charge in [-0.25, -0.2) is 23.2 Å². The first kappa shape index (κ1) is 45.9. The van der Waals surface area contributed by atoms with Crippen LogP contribution in [0.1, 0.15) is 80.4 Å². The van der Waals surface area contributed by atoms with E-state index in [1.54, 1.807) is 12.1 Å². The second-order valence-corrected chi connectivity index (χ2v) is 14.1. The fourth-order valence-corrected chi connectivity index (χ4v) is 5.97. The number of sulfone groups is 1. The maximum absolute atomic E-state index is 12.9. The summed E-state index contributed by atoms with van der Waals surface area (Å²) in [6.45, 7) is 1.60. The standard InChI is InChI=1S/C36H54N4O13S/c41-33(37-15-18-49-21-23-52-27-35(44)45)26-51-22-20-50-19-16-38-36(46)29-24-39-32(40-25-29)28-54(47,48)31-13-11-30(12-14-31)53-17-9-7-5-3-1-2-4-6-8-10-34(42)43/h11-14,24-25H,1-10,15-23,26-28H2,(H,37,41)(H,38,46)(H,42,43)(H,44,45). The minimum atomic E-state index is -3.74. The third-order valence-electron chi connectivity index (χ3n) is 7.58. The van der Waals surface area contributed by atoms with E-state index in [9.17, 15) is 27.6 Å². The summed E-state index contributed by atoms with van der Waals surface area (Å²) in [5, 5.41) is 22.4. The second kappa shape index (κ2) is 28.2. The summed E-state index contributed by atoms with van der Waals surface area (Å²) in [6, 6.07) is 6.22. The van der Waals surface area contributed by atoms with E-state index in [1.807, 2.05) is 0 Å². The highest BCUT2D eigenvalue weighted by Crippen LogP contribution is 2.20. The number of carbonyl (C=O) groups excluding carboxylic acids is 2. The number of unbranched alkanes of at least 4 members (excludes halogenated alkanes) is 8. The van der Waals surface area contributed by atoms with Gasteiger partial charge in [-0.05, 0) is 37.1 Å². The molecule has 0 aliphatic heterocycles. The smallest absolute Gasteiger partial charge is 0.329 e. The fourth-order valence-electron chi connectivity index (χ4n) is 4.77. The molecule has 0 unspecified atom stereocenters. The summed E-state index contributed by atoms with van der Waals surface area (Å²) in [6.07, 6.45) is 12.0. The van der Waals surface area contributed by atoms with Gasteiger partial charge in [0.1, 0.15) is 30.5 Å². The molecule has 54 heavy (non-hydrogen) atoms. The summed E-state index contributed by atoms with van der Waals surface area (Å²) in [7, 11) is -3.74. The van der Waals surface area contributed by atoms with Crippen molar-refractivity contribution in [2.75, 3.05) is 72.6 Å². The molecule has 1 aromatic heterocycles. The molecule has 0 radical (unpaired) electrons. The third-order valence-corrected chi connectivity index (χ3v) is 9.21. The van der Waals surface area contributed by atoms with Crippen molar-refractivity contribution in [3.63, 3.8) is 0 Å². The van der Waals surface area contributed by atoms with E-state index in [0.29, 0.717) is 12.4 Å². The molecule has 0 atom stereocenters. The van der Waals surface area contributed by atoms with E-state index < -0.39 is 33.4 Å². The van der Waals surface area contributed by atoms with Crippen LogP contribution in [-0.2, 0) is 48.9 Å². The molecule has 2 amide bonds. The maximum Gasteiger partial charge on any atom is 0.329 e. The average Bonchev–Trinajstić information content (AvgIpc) is 3.14. The van der Waals surface area contributed by atoms with Gasteiger partial charge in [0.15, 0.2) is 9.84 Å². The number of nitrogens with one attached hydrogen (secondary N) is 2. The Morgan fingerprint density at radius 1 is 0.611 bits per heavy atom. The van der Waals surface area contributed by atoms with Crippen LogP contribution in [0.3, 0.4) is 0 Å². The molecule has 0 bridgehead atoms. The number of aliphatic carboxylic acids is 2. The van der Waals surface area contributed by atoms with Gasteiger partial charge in [0.2, 0.25) is 5.91 Å². The fraction of sp³-hybridized carbons (Fsp3) is 0.611. The largest absolute Gasteiger partial charge is 0.494 e. The molecule has 0 aliphatic carbocycles. The predicted molar refractivity (Wildman–Crippen MR) is 195 cm³/mol. The van der Waals surface area contributed by atoms with Crippen LogP contribution in [0.5, 0.6) is 5.75 Å². The van der Waals surface area contributed by atoms with Crippen molar-refractivity contribution in [2.45, 2.75) is 74.9 Å². The molecule has 0 saturated carbocycles. The van der Waals surface area contributed by atoms with Crippen molar-refractivity contribution in [3.8, 4) is 5.75 Å². The van der Waals surface area contributed by atoms with Gasteiger partial charge in [-0.3, -0.25) is 14.4 Å².